The van der Waals surface area contributed by atoms with E-state index in [0.717, 1.165) is 0 Å². The Balaban J connectivity index is 3.82. The summed E-state index contributed by atoms with van der Waals surface area (Å²) >= 11 is 0. The van der Waals surface area contributed by atoms with Gasteiger partial charge in [0.2, 0.25) is 5.91 Å². The van der Waals surface area contributed by atoms with Gasteiger partial charge in [0, 0.05) is 13.6 Å². The minimum Gasteiger partial charge on any atom is -0.481 e. The number of nitrogens with zero attached hydrogens (tertiary/aromatic N) is 1. The van der Waals surface area contributed by atoms with Gasteiger partial charge in [0.25, 0.3) is 0 Å². The van der Waals surface area contributed by atoms with Gasteiger partial charge in [-0.1, -0.05) is 0 Å². The molecule has 0 aliphatic heterocycles. The van der Waals surface area contributed by atoms with E-state index in [9.17, 15) is 14.4 Å². The third-order valence-electron chi connectivity index (χ3n) is 1.68. The van der Waals surface area contributed by atoms with Gasteiger partial charge in [0.15, 0.2) is 0 Å². The molecule has 0 unspecified atom stereocenters. The summed E-state index contributed by atoms with van der Waals surface area (Å²) in [7, 11) is 1.45. The van der Waals surface area contributed by atoms with Crippen molar-refractivity contribution in [3.05, 3.63) is 0 Å². The van der Waals surface area contributed by atoms with Crippen LogP contribution >= 0.6 is 0 Å². The molecule has 15 heavy (non-hydrogen) atoms. The van der Waals surface area contributed by atoms with Crippen LogP contribution in [0.2, 0.25) is 0 Å². The van der Waals surface area contributed by atoms with Gasteiger partial charge in [-0.2, -0.15) is 0 Å². The van der Waals surface area contributed by atoms with Crippen LogP contribution in [0.1, 0.15) is 19.8 Å². The van der Waals surface area contributed by atoms with Crippen molar-refractivity contribution in [1.82, 2.24) is 4.90 Å². The van der Waals surface area contributed by atoms with Gasteiger partial charge >= 0.3 is 11.9 Å². The maximum Gasteiger partial charge on any atom is 0.312 e. The maximum absolute atomic E-state index is 11.1. The largest absolute Gasteiger partial charge is 0.481 e. The van der Waals surface area contributed by atoms with Crippen LogP contribution in [-0.4, -0.2) is 48.1 Å². The number of aliphatic carboxylic acids is 1. The first-order valence-corrected chi connectivity index (χ1v) is 4.58. The number of hydrogen-bond acceptors (Lipinski definition) is 4. The fraction of sp³-hybridized carbons (Fsp3) is 0.667. The van der Waals surface area contributed by atoms with E-state index < -0.39 is 24.3 Å². The van der Waals surface area contributed by atoms with Gasteiger partial charge in [0.1, 0.15) is 6.42 Å². The van der Waals surface area contributed by atoms with Crippen molar-refractivity contribution in [1.29, 1.82) is 0 Å². The molecule has 6 nitrogen and oxygen atoms in total. The summed E-state index contributed by atoms with van der Waals surface area (Å²) in [6, 6.07) is 0. The fourth-order valence-corrected chi connectivity index (χ4v) is 0.881. The van der Waals surface area contributed by atoms with E-state index in [0.29, 0.717) is 6.61 Å². The van der Waals surface area contributed by atoms with Crippen LogP contribution in [0.4, 0.5) is 0 Å². The quantitative estimate of drug-likeness (QED) is 0.495. The molecule has 1 N–H and O–H groups in total. The fourth-order valence-electron chi connectivity index (χ4n) is 0.881. The van der Waals surface area contributed by atoms with Gasteiger partial charge < -0.3 is 14.7 Å². The highest BCUT2D eigenvalue weighted by molar-refractivity contribution is 5.93. The number of amides is 1. The summed E-state index contributed by atoms with van der Waals surface area (Å²) in [5, 5.41) is 8.36. The van der Waals surface area contributed by atoms with Crippen molar-refractivity contribution < 1.29 is 24.2 Å². The highest BCUT2D eigenvalue weighted by atomic mass is 16.5. The molecule has 0 aromatic heterocycles. The van der Waals surface area contributed by atoms with E-state index in [4.69, 9.17) is 5.11 Å². The van der Waals surface area contributed by atoms with Crippen molar-refractivity contribution in [2.24, 2.45) is 0 Å². The molecular weight excluding hydrogens is 202 g/mol. The van der Waals surface area contributed by atoms with Gasteiger partial charge in [0.05, 0.1) is 13.0 Å². The van der Waals surface area contributed by atoms with Gasteiger partial charge in [-0.05, 0) is 6.92 Å². The molecule has 0 aromatic carbocycles. The summed E-state index contributed by atoms with van der Waals surface area (Å²) in [6.07, 6.45) is -0.477. The summed E-state index contributed by atoms with van der Waals surface area (Å²) in [5.74, 6) is -2.10. The van der Waals surface area contributed by atoms with Crippen molar-refractivity contribution >= 4 is 17.8 Å². The van der Waals surface area contributed by atoms with Crippen LogP contribution in [0, 0.1) is 0 Å². The second-order valence-corrected chi connectivity index (χ2v) is 2.94. The Kier molecular flexibility index (Phi) is 6.08. The lowest BCUT2D eigenvalue weighted by molar-refractivity contribution is -0.144. The van der Waals surface area contributed by atoms with E-state index in [1.165, 1.54) is 11.9 Å². The monoisotopic (exact) mass is 217 g/mol. The van der Waals surface area contributed by atoms with Gasteiger partial charge in [-0.3, -0.25) is 14.4 Å². The second-order valence-electron chi connectivity index (χ2n) is 2.94. The minimum absolute atomic E-state index is 0.0791. The predicted octanol–water partition coefficient (Wildman–Crippen LogP) is -0.127. The predicted molar refractivity (Wildman–Crippen MR) is 51.1 cm³/mol. The Morgan fingerprint density at radius 1 is 1.33 bits per heavy atom. The number of carbonyl (C=O) groups excluding carboxylic acids is 2. The third-order valence-corrected chi connectivity index (χ3v) is 1.68. The lowest BCUT2D eigenvalue weighted by Gasteiger charge is -2.15. The molecule has 0 atom stereocenters. The van der Waals surface area contributed by atoms with Crippen molar-refractivity contribution in [3.63, 3.8) is 0 Å². The second kappa shape index (κ2) is 6.80. The normalized spacial score (nSPS) is 9.47. The molecule has 0 aliphatic carbocycles. The minimum atomic E-state index is -1.18. The number of carboxylic acid groups (broad SMARTS) is 1. The Morgan fingerprint density at radius 2 is 1.93 bits per heavy atom. The lowest BCUT2D eigenvalue weighted by atomic mass is 10.3. The zero-order valence-electron chi connectivity index (χ0n) is 8.86. The van der Waals surface area contributed by atoms with Crippen LogP contribution in [0.25, 0.3) is 0 Å². The molecule has 0 bridgehead atoms. The molecule has 86 valence electrons. The first-order valence-electron chi connectivity index (χ1n) is 4.58. The molecule has 0 rings (SSSR count). The molecule has 1 amide bonds. The first-order chi connectivity index (χ1) is 6.97. The Bertz CT molecular complexity index is 251. The third kappa shape index (κ3) is 6.48. The molecule has 0 aromatic rings. The summed E-state index contributed by atoms with van der Waals surface area (Å²) in [5.41, 5.74) is 0. The number of esters is 1. The number of carbonyl (C=O) groups is 3. The Morgan fingerprint density at radius 3 is 2.40 bits per heavy atom. The first kappa shape index (κ1) is 13.4. The van der Waals surface area contributed by atoms with Crippen LogP contribution in [0.15, 0.2) is 0 Å². The SMILES string of the molecule is CCOC(=O)CCN(C)C(=O)CC(=O)O. The Labute approximate surface area is 87.8 Å². The van der Waals surface area contributed by atoms with E-state index in [2.05, 4.69) is 4.74 Å². The van der Waals surface area contributed by atoms with E-state index in [-0.39, 0.29) is 13.0 Å². The number of ether oxygens (including phenoxy) is 1. The van der Waals surface area contributed by atoms with Gasteiger partial charge in [-0.25, -0.2) is 0 Å². The number of hydrogen-bond donors (Lipinski definition) is 1. The average Bonchev–Trinajstić information content (AvgIpc) is 2.13. The highest BCUT2D eigenvalue weighted by Gasteiger charge is 2.14. The van der Waals surface area contributed by atoms with Gasteiger partial charge in [-0.15, -0.1) is 0 Å². The van der Waals surface area contributed by atoms with Crippen molar-refractivity contribution in [3.8, 4) is 0 Å². The summed E-state index contributed by atoms with van der Waals surface area (Å²) in [6.45, 7) is 2.16. The molecule has 0 saturated carbocycles. The molecule has 0 spiro atoms. The molecule has 0 radical (unpaired) electrons. The molecule has 0 heterocycles. The van der Waals surface area contributed by atoms with Crippen LogP contribution in [0.5, 0.6) is 0 Å². The number of carboxylic acids is 1. The Hall–Kier alpha value is -1.59. The highest BCUT2D eigenvalue weighted by Crippen LogP contribution is 1.95. The van der Waals surface area contributed by atoms with E-state index >= 15 is 0 Å². The molecular formula is C9H15NO5. The molecule has 0 saturated heterocycles. The number of rotatable bonds is 6. The van der Waals surface area contributed by atoms with Crippen LogP contribution in [0.3, 0.4) is 0 Å². The maximum atomic E-state index is 11.1. The van der Waals surface area contributed by atoms with Crippen molar-refractivity contribution in [2.75, 3.05) is 20.2 Å². The standard InChI is InChI=1S/C9H15NO5/c1-3-15-9(14)4-5-10(2)7(11)6-8(12)13/h3-6H2,1-2H3,(H,12,13). The van der Waals surface area contributed by atoms with Crippen LogP contribution in [-0.2, 0) is 19.1 Å². The average molecular weight is 217 g/mol. The smallest absolute Gasteiger partial charge is 0.312 e. The van der Waals surface area contributed by atoms with E-state index in [1.54, 1.807) is 6.92 Å². The molecule has 0 fully saturated rings. The zero-order chi connectivity index (χ0) is 11.8. The summed E-state index contributed by atoms with van der Waals surface area (Å²) < 4.78 is 4.66. The topological polar surface area (TPSA) is 83.9 Å². The zero-order valence-corrected chi connectivity index (χ0v) is 8.86. The van der Waals surface area contributed by atoms with Crippen molar-refractivity contribution in [2.45, 2.75) is 19.8 Å². The summed E-state index contributed by atoms with van der Waals surface area (Å²) in [4.78, 5) is 33.4. The lowest BCUT2D eigenvalue weighted by Crippen LogP contribution is -2.30. The molecule has 0 aliphatic rings. The van der Waals surface area contributed by atoms with Crippen LogP contribution < -0.4 is 0 Å². The van der Waals surface area contributed by atoms with E-state index in [1.807, 2.05) is 0 Å². The molecule has 6 heteroatoms.